The molecular weight excluding hydrogens is 334 g/mol. The van der Waals surface area contributed by atoms with Gasteiger partial charge in [-0.2, -0.15) is 5.26 Å². The summed E-state index contributed by atoms with van der Waals surface area (Å²) in [5.74, 6) is -1.82. The van der Waals surface area contributed by atoms with Crippen LogP contribution in [-0.2, 0) is 14.3 Å². The first-order chi connectivity index (χ1) is 12.1. The Balaban J connectivity index is 2.53. The van der Waals surface area contributed by atoms with Crippen molar-refractivity contribution in [3.05, 3.63) is 35.4 Å². The second-order valence-electron chi connectivity index (χ2n) is 6.69. The van der Waals surface area contributed by atoms with Gasteiger partial charge in [0.25, 0.3) is 11.8 Å². The number of aryl methyl sites for hydroxylation is 1. The Bertz CT molecular complexity index is 724. The third-order valence-electron chi connectivity index (χ3n) is 4.11. The van der Waals surface area contributed by atoms with Gasteiger partial charge in [0.15, 0.2) is 6.61 Å². The maximum atomic E-state index is 12.1. The third kappa shape index (κ3) is 5.88. The van der Waals surface area contributed by atoms with E-state index in [0.29, 0.717) is 5.56 Å². The number of hydrogen-bond donors (Lipinski definition) is 2. The van der Waals surface area contributed by atoms with E-state index in [9.17, 15) is 19.6 Å². The van der Waals surface area contributed by atoms with E-state index < -0.39 is 36.0 Å². The Morgan fingerprint density at radius 2 is 1.92 bits per heavy atom. The molecule has 1 aromatic rings. The minimum atomic E-state index is -1.05. The summed E-state index contributed by atoms with van der Waals surface area (Å²) < 4.78 is 4.92. The fraction of sp³-hybridized carbons (Fsp3) is 0.474. The monoisotopic (exact) mass is 359 g/mol. The van der Waals surface area contributed by atoms with Gasteiger partial charge < -0.3 is 15.4 Å². The summed E-state index contributed by atoms with van der Waals surface area (Å²) in [6.45, 7) is 8.02. The normalized spacial score (nSPS) is 13.9. The molecule has 26 heavy (non-hydrogen) atoms. The predicted molar refractivity (Wildman–Crippen MR) is 96.1 cm³/mol. The van der Waals surface area contributed by atoms with Gasteiger partial charge in [-0.05, 0) is 38.8 Å². The first-order valence-electron chi connectivity index (χ1n) is 8.35. The molecule has 0 bridgehead atoms. The van der Waals surface area contributed by atoms with Crippen molar-refractivity contribution in [2.75, 3.05) is 6.61 Å². The highest BCUT2D eigenvalue weighted by Gasteiger charge is 2.30. The molecule has 0 unspecified atom stereocenters. The Morgan fingerprint density at radius 1 is 1.27 bits per heavy atom. The van der Waals surface area contributed by atoms with Gasteiger partial charge in [-0.3, -0.25) is 9.59 Å². The summed E-state index contributed by atoms with van der Waals surface area (Å²) in [5, 5.41) is 14.2. The van der Waals surface area contributed by atoms with Gasteiger partial charge in [0.05, 0.1) is 6.07 Å². The molecule has 1 rings (SSSR count). The fourth-order valence-electron chi connectivity index (χ4n) is 2.01. The number of rotatable bonds is 7. The Kier molecular flexibility index (Phi) is 7.32. The summed E-state index contributed by atoms with van der Waals surface area (Å²) in [7, 11) is 0. The van der Waals surface area contributed by atoms with Crippen LogP contribution in [0.5, 0.6) is 0 Å². The summed E-state index contributed by atoms with van der Waals surface area (Å²) in [6, 6.07) is 8.08. The molecule has 0 radical (unpaired) electrons. The largest absolute Gasteiger partial charge is 0.454 e. The third-order valence-corrected chi connectivity index (χ3v) is 4.11. The van der Waals surface area contributed by atoms with E-state index in [0.717, 1.165) is 5.56 Å². The number of nitrogens with one attached hydrogen (secondary N) is 2. The summed E-state index contributed by atoms with van der Waals surface area (Å²) in [6.07, 6.45) is 0. The molecule has 2 amide bonds. The molecule has 7 heteroatoms. The maximum absolute atomic E-state index is 12.1. The molecule has 2 N–H and O–H groups in total. The van der Waals surface area contributed by atoms with Gasteiger partial charge >= 0.3 is 5.97 Å². The van der Waals surface area contributed by atoms with Crippen molar-refractivity contribution in [1.82, 2.24) is 10.6 Å². The molecule has 0 saturated heterocycles. The topological polar surface area (TPSA) is 108 Å². The van der Waals surface area contributed by atoms with Crippen LogP contribution in [0.4, 0.5) is 0 Å². The lowest BCUT2D eigenvalue weighted by atomic mass is 9.90. The quantitative estimate of drug-likeness (QED) is 0.721. The molecular formula is C19H25N3O4. The maximum Gasteiger partial charge on any atom is 0.328 e. The zero-order valence-electron chi connectivity index (χ0n) is 15.8. The standard InChI is InChI=1S/C19H25N3O4/c1-12(2)19(5,11-20)22-16(23)10-26-18(25)14(4)21-17(24)15-8-6-7-13(3)9-15/h6-9,12,14H,10H2,1-5H3,(H,21,24)(H,22,23)/t14-,19-/m0/s1. The molecule has 0 spiro atoms. The zero-order valence-corrected chi connectivity index (χ0v) is 15.8. The van der Waals surface area contributed by atoms with E-state index in [1.54, 1.807) is 39.0 Å². The molecule has 0 aliphatic carbocycles. The molecule has 0 heterocycles. The van der Waals surface area contributed by atoms with Crippen LogP contribution in [0.2, 0.25) is 0 Å². The number of benzene rings is 1. The highest BCUT2D eigenvalue weighted by Crippen LogP contribution is 2.14. The van der Waals surface area contributed by atoms with E-state index in [1.807, 2.05) is 19.1 Å². The smallest absolute Gasteiger partial charge is 0.328 e. The number of ether oxygens (including phenoxy) is 1. The summed E-state index contributed by atoms with van der Waals surface area (Å²) in [5.41, 5.74) is 0.313. The van der Waals surface area contributed by atoms with Crippen molar-refractivity contribution in [2.24, 2.45) is 5.92 Å². The van der Waals surface area contributed by atoms with Crippen molar-refractivity contribution in [2.45, 2.75) is 46.2 Å². The first kappa shape index (κ1) is 21.2. The number of hydrogen-bond acceptors (Lipinski definition) is 5. The van der Waals surface area contributed by atoms with Crippen LogP contribution in [-0.4, -0.2) is 36.0 Å². The Labute approximate surface area is 153 Å². The molecule has 1 aromatic carbocycles. The number of amides is 2. The predicted octanol–water partition coefficient (Wildman–Crippen LogP) is 1.71. The van der Waals surface area contributed by atoms with E-state index in [4.69, 9.17) is 4.74 Å². The second-order valence-corrected chi connectivity index (χ2v) is 6.69. The zero-order chi connectivity index (χ0) is 19.9. The fourth-order valence-corrected chi connectivity index (χ4v) is 2.01. The molecule has 0 aliphatic rings. The van der Waals surface area contributed by atoms with Crippen LogP contribution in [0.1, 0.15) is 43.6 Å². The summed E-state index contributed by atoms with van der Waals surface area (Å²) in [4.78, 5) is 36.0. The van der Waals surface area contributed by atoms with Gasteiger partial charge in [0, 0.05) is 5.56 Å². The second kappa shape index (κ2) is 8.99. The minimum Gasteiger partial charge on any atom is -0.454 e. The van der Waals surface area contributed by atoms with Crippen molar-refractivity contribution >= 4 is 17.8 Å². The van der Waals surface area contributed by atoms with Crippen LogP contribution >= 0.6 is 0 Å². The molecule has 0 aliphatic heterocycles. The Morgan fingerprint density at radius 3 is 2.46 bits per heavy atom. The molecule has 0 fully saturated rings. The van der Waals surface area contributed by atoms with Crippen molar-refractivity contribution in [1.29, 1.82) is 5.26 Å². The minimum absolute atomic E-state index is 0.111. The lowest BCUT2D eigenvalue weighted by molar-refractivity contribution is -0.150. The number of carbonyl (C=O) groups excluding carboxylic acids is 3. The highest BCUT2D eigenvalue weighted by atomic mass is 16.5. The number of nitrogens with zero attached hydrogens (tertiary/aromatic N) is 1. The average molecular weight is 359 g/mol. The lowest BCUT2D eigenvalue weighted by Crippen LogP contribution is -2.50. The van der Waals surface area contributed by atoms with Crippen LogP contribution < -0.4 is 10.6 Å². The number of esters is 1. The lowest BCUT2D eigenvalue weighted by Gasteiger charge is -2.27. The van der Waals surface area contributed by atoms with Gasteiger partial charge in [0.1, 0.15) is 11.6 Å². The van der Waals surface area contributed by atoms with Gasteiger partial charge in [-0.1, -0.05) is 31.5 Å². The van der Waals surface area contributed by atoms with Crippen LogP contribution in [0.25, 0.3) is 0 Å². The van der Waals surface area contributed by atoms with Crippen molar-refractivity contribution in [3.63, 3.8) is 0 Å². The number of carbonyl (C=O) groups is 3. The Hall–Kier alpha value is -2.88. The van der Waals surface area contributed by atoms with Crippen molar-refractivity contribution < 1.29 is 19.1 Å². The van der Waals surface area contributed by atoms with Gasteiger partial charge in [0.2, 0.25) is 0 Å². The van der Waals surface area contributed by atoms with Gasteiger partial charge in [-0.15, -0.1) is 0 Å². The molecule has 2 atom stereocenters. The average Bonchev–Trinajstić information content (AvgIpc) is 2.59. The van der Waals surface area contributed by atoms with E-state index in [2.05, 4.69) is 10.6 Å². The van der Waals surface area contributed by atoms with E-state index in [-0.39, 0.29) is 5.92 Å². The van der Waals surface area contributed by atoms with Crippen molar-refractivity contribution in [3.8, 4) is 6.07 Å². The van der Waals surface area contributed by atoms with E-state index >= 15 is 0 Å². The molecule has 140 valence electrons. The number of nitriles is 1. The van der Waals surface area contributed by atoms with E-state index in [1.165, 1.54) is 6.92 Å². The molecule has 0 saturated carbocycles. The van der Waals surface area contributed by atoms with Crippen LogP contribution in [0, 0.1) is 24.2 Å². The molecule has 0 aromatic heterocycles. The molecule has 7 nitrogen and oxygen atoms in total. The first-order valence-corrected chi connectivity index (χ1v) is 8.35. The summed E-state index contributed by atoms with van der Waals surface area (Å²) >= 11 is 0. The highest BCUT2D eigenvalue weighted by molar-refractivity contribution is 5.97. The SMILES string of the molecule is Cc1cccc(C(=O)N[C@@H](C)C(=O)OCC(=O)N[C@@](C)(C#N)C(C)C)c1. The van der Waals surface area contributed by atoms with Crippen LogP contribution in [0.15, 0.2) is 24.3 Å². The van der Waals surface area contributed by atoms with Gasteiger partial charge in [-0.25, -0.2) is 4.79 Å². The van der Waals surface area contributed by atoms with Crippen LogP contribution in [0.3, 0.4) is 0 Å².